The fourth-order valence-corrected chi connectivity index (χ4v) is 0.671. The van der Waals surface area contributed by atoms with Crippen LogP contribution in [0.5, 0.6) is 0 Å². The van der Waals surface area contributed by atoms with E-state index in [0.29, 0.717) is 18.9 Å². The minimum atomic E-state index is -0.200. The number of aromatic nitrogens is 2. The molecule has 5 nitrogen and oxygen atoms in total. The zero-order valence-electron chi connectivity index (χ0n) is 6.49. The van der Waals surface area contributed by atoms with Gasteiger partial charge in [0, 0.05) is 13.0 Å². The Morgan fingerprint density at radius 2 is 2.67 bits per heavy atom. The first kappa shape index (κ1) is 8.45. The summed E-state index contributed by atoms with van der Waals surface area (Å²) in [5, 5.41) is 6.01. The second-order valence-corrected chi connectivity index (χ2v) is 2.08. The summed E-state index contributed by atoms with van der Waals surface area (Å²) in [6.07, 6.45) is 3.08. The minimum Gasteiger partial charge on any atom is -0.352 e. The van der Waals surface area contributed by atoms with Gasteiger partial charge >= 0.3 is 0 Å². The van der Waals surface area contributed by atoms with Crippen molar-refractivity contribution in [3.8, 4) is 0 Å². The maximum atomic E-state index is 10.6. The van der Waals surface area contributed by atoms with Crippen molar-refractivity contribution in [2.75, 3.05) is 6.54 Å². The molecule has 1 aromatic heterocycles. The summed E-state index contributed by atoms with van der Waals surface area (Å²) in [6, 6.07) is 0. The molecule has 64 valence electrons. The molecule has 5 heteroatoms. The average Bonchev–Trinajstić information content (AvgIpc) is 2.57. The minimum absolute atomic E-state index is 0.200. The van der Waals surface area contributed by atoms with E-state index in [1.165, 1.54) is 12.4 Å². The maximum Gasteiger partial charge on any atom is 0.243 e. The van der Waals surface area contributed by atoms with Crippen LogP contribution in [0.15, 0.2) is 23.5 Å². The van der Waals surface area contributed by atoms with Gasteiger partial charge in [-0.1, -0.05) is 11.7 Å². The summed E-state index contributed by atoms with van der Waals surface area (Å²) in [5.74, 6) is 0.314. The lowest BCUT2D eigenvalue weighted by molar-refractivity contribution is -0.116. The van der Waals surface area contributed by atoms with Crippen LogP contribution in [0.25, 0.3) is 0 Å². The molecule has 12 heavy (non-hydrogen) atoms. The summed E-state index contributed by atoms with van der Waals surface area (Å²) >= 11 is 0. The van der Waals surface area contributed by atoms with Crippen LogP contribution in [0.1, 0.15) is 5.89 Å². The van der Waals surface area contributed by atoms with Crippen molar-refractivity contribution in [1.82, 2.24) is 15.5 Å². The molecular weight excluding hydrogens is 158 g/mol. The number of hydrogen-bond acceptors (Lipinski definition) is 4. The maximum absolute atomic E-state index is 10.6. The molecule has 0 aromatic carbocycles. The Kier molecular flexibility index (Phi) is 3.01. The van der Waals surface area contributed by atoms with Gasteiger partial charge in [0.25, 0.3) is 0 Å². The SMILES string of the molecule is C=CC(=O)NCCc1ncno1. The third-order valence-electron chi connectivity index (χ3n) is 1.23. The van der Waals surface area contributed by atoms with Gasteiger partial charge in [-0.05, 0) is 6.08 Å². The molecule has 0 aliphatic carbocycles. The predicted molar refractivity (Wildman–Crippen MR) is 41.2 cm³/mol. The lowest BCUT2D eigenvalue weighted by Gasteiger charge is -1.96. The van der Waals surface area contributed by atoms with Crippen molar-refractivity contribution in [3.63, 3.8) is 0 Å². The van der Waals surface area contributed by atoms with Crippen LogP contribution in [0.4, 0.5) is 0 Å². The van der Waals surface area contributed by atoms with E-state index in [9.17, 15) is 4.79 Å². The number of amides is 1. The number of carbonyl (C=O) groups excluding carboxylic acids is 1. The third-order valence-corrected chi connectivity index (χ3v) is 1.23. The lowest BCUT2D eigenvalue weighted by Crippen LogP contribution is -2.23. The van der Waals surface area contributed by atoms with E-state index in [4.69, 9.17) is 4.52 Å². The summed E-state index contributed by atoms with van der Waals surface area (Å²) in [6.45, 7) is 3.79. The van der Waals surface area contributed by atoms with E-state index < -0.39 is 0 Å². The molecular formula is C7H9N3O2. The van der Waals surface area contributed by atoms with Gasteiger partial charge in [-0.15, -0.1) is 0 Å². The van der Waals surface area contributed by atoms with E-state index >= 15 is 0 Å². The first-order valence-electron chi connectivity index (χ1n) is 3.48. The first-order chi connectivity index (χ1) is 5.83. The Hall–Kier alpha value is -1.65. The van der Waals surface area contributed by atoms with Crippen LogP contribution in [-0.2, 0) is 11.2 Å². The summed E-state index contributed by atoms with van der Waals surface area (Å²) in [7, 11) is 0. The number of rotatable bonds is 4. The Morgan fingerprint density at radius 3 is 3.25 bits per heavy atom. The highest BCUT2D eigenvalue weighted by Crippen LogP contribution is 1.89. The van der Waals surface area contributed by atoms with Gasteiger partial charge < -0.3 is 9.84 Å². The summed E-state index contributed by atoms with van der Waals surface area (Å²) < 4.78 is 4.71. The molecule has 0 fully saturated rings. The molecule has 1 aromatic rings. The van der Waals surface area contributed by atoms with Crippen molar-refractivity contribution in [2.45, 2.75) is 6.42 Å². The molecule has 0 radical (unpaired) electrons. The highest BCUT2D eigenvalue weighted by Gasteiger charge is 1.98. The first-order valence-corrected chi connectivity index (χ1v) is 3.48. The Balaban J connectivity index is 2.19. The van der Waals surface area contributed by atoms with Crippen molar-refractivity contribution in [3.05, 3.63) is 24.9 Å². The molecule has 0 aliphatic rings. The second kappa shape index (κ2) is 4.27. The third kappa shape index (κ3) is 2.53. The largest absolute Gasteiger partial charge is 0.352 e. The predicted octanol–water partition coefficient (Wildman–Crippen LogP) is -0.0857. The van der Waals surface area contributed by atoms with Crippen LogP contribution in [-0.4, -0.2) is 22.6 Å². The molecule has 1 heterocycles. The smallest absolute Gasteiger partial charge is 0.243 e. The zero-order chi connectivity index (χ0) is 8.81. The van der Waals surface area contributed by atoms with Gasteiger partial charge in [-0.2, -0.15) is 4.98 Å². The Morgan fingerprint density at radius 1 is 1.83 bits per heavy atom. The van der Waals surface area contributed by atoms with Gasteiger partial charge in [0.1, 0.15) is 0 Å². The van der Waals surface area contributed by atoms with E-state index in [1.54, 1.807) is 0 Å². The highest BCUT2D eigenvalue weighted by atomic mass is 16.5. The molecule has 0 spiro atoms. The van der Waals surface area contributed by atoms with Crippen molar-refractivity contribution in [1.29, 1.82) is 0 Å². The van der Waals surface area contributed by atoms with Crippen molar-refractivity contribution >= 4 is 5.91 Å². The monoisotopic (exact) mass is 167 g/mol. The van der Waals surface area contributed by atoms with Crippen molar-refractivity contribution < 1.29 is 9.32 Å². The molecule has 1 amide bonds. The second-order valence-electron chi connectivity index (χ2n) is 2.08. The van der Waals surface area contributed by atoms with Gasteiger partial charge in [-0.3, -0.25) is 4.79 Å². The average molecular weight is 167 g/mol. The van der Waals surface area contributed by atoms with Crippen LogP contribution in [0.2, 0.25) is 0 Å². The Labute approximate surface area is 69.5 Å². The van der Waals surface area contributed by atoms with E-state index in [0.717, 1.165) is 0 Å². The summed E-state index contributed by atoms with van der Waals surface area (Å²) in [5.41, 5.74) is 0. The number of nitrogens with one attached hydrogen (secondary N) is 1. The molecule has 0 saturated carbocycles. The van der Waals surface area contributed by atoms with Crippen LogP contribution in [0, 0.1) is 0 Å². The highest BCUT2D eigenvalue weighted by molar-refractivity contribution is 5.86. The van der Waals surface area contributed by atoms with Crippen LogP contribution in [0.3, 0.4) is 0 Å². The standard InChI is InChI=1S/C7H9N3O2/c1-2-6(11)8-4-3-7-9-5-10-12-7/h2,5H,1,3-4H2,(H,8,11). The van der Waals surface area contributed by atoms with Crippen LogP contribution >= 0.6 is 0 Å². The number of carbonyl (C=O) groups is 1. The fraction of sp³-hybridized carbons (Fsp3) is 0.286. The molecule has 0 unspecified atom stereocenters. The molecule has 0 atom stereocenters. The molecule has 0 bridgehead atoms. The van der Waals surface area contributed by atoms with Crippen molar-refractivity contribution in [2.24, 2.45) is 0 Å². The van der Waals surface area contributed by atoms with E-state index in [1.807, 2.05) is 0 Å². The topological polar surface area (TPSA) is 68.0 Å². The summed E-state index contributed by atoms with van der Waals surface area (Å²) in [4.78, 5) is 14.4. The van der Waals surface area contributed by atoms with Gasteiger partial charge in [-0.25, -0.2) is 0 Å². The number of hydrogen-bond donors (Lipinski definition) is 1. The van der Waals surface area contributed by atoms with Gasteiger partial charge in [0.15, 0.2) is 6.33 Å². The zero-order valence-corrected chi connectivity index (χ0v) is 6.49. The van der Waals surface area contributed by atoms with Gasteiger partial charge in [0.2, 0.25) is 11.8 Å². The molecule has 1 N–H and O–H groups in total. The normalized spacial score (nSPS) is 9.33. The lowest BCUT2D eigenvalue weighted by atomic mass is 10.4. The molecule has 0 aliphatic heterocycles. The van der Waals surface area contributed by atoms with Gasteiger partial charge in [0.05, 0.1) is 0 Å². The Bertz CT molecular complexity index is 256. The molecule has 1 rings (SSSR count). The van der Waals surface area contributed by atoms with E-state index in [-0.39, 0.29) is 5.91 Å². The number of nitrogens with zero attached hydrogens (tertiary/aromatic N) is 2. The van der Waals surface area contributed by atoms with Crippen LogP contribution < -0.4 is 5.32 Å². The fourth-order valence-electron chi connectivity index (χ4n) is 0.671. The quantitative estimate of drug-likeness (QED) is 0.636. The van der Waals surface area contributed by atoms with E-state index in [2.05, 4.69) is 22.0 Å². The molecule has 0 saturated heterocycles.